The molecule has 2 aromatic heterocycles. The van der Waals surface area contributed by atoms with Crippen molar-refractivity contribution in [3.05, 3.63) is 82.0 Å². The first-order valence-electron chi connectivity index (χ1n) is 10.8. The maximum atomic E-state index is 13.2. The van der Waals surface area contributed by atoms with E-state index in [-0.39, 0.29) is 29.3 Å². The quantitative estimate of drug-likeness (QED) is 0.295. The van der Waals surface area contributed by atoms with Gasteiger partial charge in [0.25, 0.3) is 5.56 Å². The van der Waals surface area contributed by atoms with Gasteiger partial charge in [0.05, 0.1) is 13.0 Å². The number of nitrogens with zero attached hydrogens (tertiary/aromatic N) is 4. The van der Waals surface area contributed by atoms with Crippen molar-refractivity contribution in [3.8, 4) is 0 Å². The lowest BCUT2D eigenvalue weighted by Crippen LogP contribution is -2.27. The molecule has 7 nitrogen and oxygen atoms in total. The molecule has 0 unspecified atom stereocenters. The molecule has 172 valence electrons. The molecule has 4 rings (SSSR count). The van der Waals surface area contributed by atoms with Crippen LogP contribution in [0.3, 0.4) is 0 Å². The van der Waals surface area contributed by atoms with E-state index in [1.54, 1.807) is 24.5 Å². The van der Waals surface area contributed by atoms with Gasteiger partial charge in [0.2, 0.25) is 0 Å². The van der Waals surface area contributed by atoms with Gasteiger partial charge < -0.3 is 9.30 Å². The third-order valence-electron chi connectivity index (χ3n) is 5.90. The van der Waals surface area contributed by atoms with E-state index in [1.807, 2.05) is 6.20 Å². The average molecular weight is 469 g/mol. The second-order valence-corrected chi connectivity index (χ2v) is 9.07. The van der Waals surface area contributed by atoms with E-state index in [0.29, 0.717) is 22.9 Å². The molecule has 1 fully saturated rings. The highest BCUT2D eigenvalue weighted by Crippen LogP contribution is 2.35. The van der Waals surface area contributed by atoms with Crippen molar-refractivity contribution in [1.82, 2.24) is 19.5 Å². The number of thioether (sulfide) groups is 1. The number of esters is 1. The van der Waals surface area contributed by atoms with Crippen LogP contribution in [0.4, 0.5) is 4.39 Å². The highest BCUT2D eigenvalue weighted by atomic mass is 32.2. The molecule has 0 aliphatic heterocycles. The minimum atomic E-state index is -0.282. The maximum Gasteiger partial charge on any atom is 0.308 e. The summed E-state index contributed by atoms with van der Waals surface area (Å²) in [7, 11) is 1.42. The molecule has 1 aromatic carbocycles. The molecule has 0 atom stereocenters. The predicted molar refractivity (Wildman–Crippen MR) is 122 cm³/mol. The van der Waals surface area contributed by atoms with Crippen molar-refractivity contribution in [2.75, 3.05) is 7.11 Å². The Morgan fingerprint density at radius 3 is 2.48 bits per heavy atom. The Kier molecular flexibility index (Phi) is 7.49. The van der Waals surface area contributed by atoms with Crippen molar-refractivity contribution in [3.63, 3.8) is 0 Å². The van der Waals surface area contributed by atoms with Crippen LogP contribution in [0, 0.1) is 11.7 Å². The van der Waals surface area contributed by atoms with E-state index in [1.165, 1.54) is 37.3 Å². The second-order valence-electron chi connectivity index (χ2n) is 8.13. The van der Waals surface area contributed by atoms with Gasteiger partial charge in [0.1, 0.15) is 12.1 Å². The molecular weight excluding hydrogens is 443 g/mol. The van der Waals surface area contributed by atoms with Crippen LogP contribution in [0.15, 0.2) is 59.1 Å². The van der Waals surface area contributed by atoms with Crippen LogP contribution in [0.2, 0.25) is 0 Å². The maximum absolute atomic E-state index is 13.2. The SMILES string of the molecule is COC(=O)[C@H]1CC[C@H](n2cc(Cc3cncnc3)c(=O)nc2SCc2ccc(F)cc2)CC1. The van der Waals surface area contributed by atoms with Gasteiger partial charge in [-0.25, -0.2) is 14.4 Å². The monoisotopic (exact) mass is 468 g/mol. The van der Waals surface area contributed by atoms with Gasteiger partial charge in [-0.2, -0.15) is 4.98 Å². The predicted octanol–water partition coefficient (Wildman–Crippen LogP) is 3.96. The summed E-state index contributed by atoms with van der Waals surface area (Å²) in [5.74, 6) is 0.0308. The van der Waals surface area contributed by atoms with Crippen LogP contribution in [-0.4, -0.2) is 32.6 Å². The number of halogens is 1. The Morgan fingerprint density at radius 1 is 1.12 bits per heavy atom. The smallest absolute Gasteiger partial charge is 0.308 e. The lowest BCUT2D eigenvalue weighted by Gasteiger charge is -2.30. The first-order valence-corrected chi connectivity index (χ1v) is 11.8. The summed E-state index contributed by atoms with van der Waals surface area (Å²) >= 11 is 1.45. The first kappa shape index (κ1) is 23.1. The number of rotatable bonds is 7. The van der Waals surface area contributed by atoms with Crippen LogP contribution in [0.5, 0.6) is 0 Å². The molecule has 0 bridgehead atoms. The third-order valence-corrected chi connectivity index (χ3v) is 6.94. The van der Waals surface area contributed by atoms with Gasteiger partial charge in [-0.15, -0.1) is 0 Å². The van der Waals surface area contributed by atoms with E-state index < -0.39 is 0 Å². The topological polar surface area (TPSA) is 87.0 Å². The fourth-order valence-corrected chi connectivity index (χ4v) is 5.10. The zero-order valence-corrected chi connectivity index (χ0v) is 19.1. The van der Waals surface area contributed by atoms with Gasteiger partial charge >= 0.3 is 5.97 Å². The minimum Gasteiger partial charge on any atom is -0.469 e. The van der Waals surface area contributed by atoms with E-state index in [9.17, 15) is 14.0 Å². The summed E-state index contributed by atoms with van der Waals surface area (Å²) in [4.78, 5) is 37.2. The van der Waals surface area contributed by atoms with E-state index in [2.05, 4.69) is 19.5 Å². The van der Waals surface area contributed by atoms with Crippen molar-refractivity contribution in [2.45, 2.75) is 49.1 Å². The summed E-state index contributed by atoms with van der Waals surface area (Å²) in [5.41, 5.74) is 2.08. The summed E-state index contributed by atoms with van der Waals surface area (Å²) in [6, 6.07) is 6.44. The van der Waals surface area contributed by atoms with Gasteiger partial charge in [0.15, 0.2) is 5.16 Å². The zero-order chi connectivity index (χ0) is 23.2. The van der Waals surface area contributed by atoms with Crippen molar-refractivity contribution in [1.29, 1.82) is 0 Å². The highest BCUT2D eigenvalue weighted by Gasteiger charge is 2.29. The fraction of sp³-hybridized carbons (Fsp3) is 0.375. The number of benzene rings is 1. The summed E-state index contributed by atoms with van der Waals surface area (Å²) < 4.78 is 20.2. The number of ether oxygens (including phenoxy) is 1. The van der Waals surface area contributed by atoms with Crippen LogP contribution in [0.25, 0.3) is 0 Å². The van der Waals surface area contributed by atoms with Crippen LogP contribution in [-0.2, 0) is 21.7 Å². The summed E-state index contributed by atoms with van der Waals surface area (Å²) in [5, 5.41) is 0.624. The Bertz CT molecular complexity index is 1150. The van der Waals surface area contributed by atoms with Crippen molar-refractivity contribution >= 4 is 17.7 Å². The standard InChI is InChI=1S/C24H25FN4O3S/c1-32-23(31)18-4-8-21(9-5-18)29-13-19(10-17-11-26-15-27-12-17)22(30)28-24(29)33-14-16-2-6-20(25)7-3-16/h2-3,6-7,11-13,15,18,21H,4-5,8-10,14H2,1H3/t18-,21-. The number of hydrogen-bond acceptors (Lipinski definition) is 7. The summed E-state index contributed by atoms with van der Waals surface area (Å²) in [6.07, 6.45) is 10.2. The Balaban J connectivity index is 1.60. The largest absolute Gasteiger partial charge is 0.469 e. The molecule has 0 spiro atoms. The minimum absolute atomic E-state index is 0.0881. The molecule has 0 N–H and O–H groups in total. The number of hydrogen-bond donors (Lipinski definition) is 0. The van der Waals surface area contributed by atoms with Gasteiger partial charge in [0, 0.05) is 42.4 Å². The Hall–Kier alpha value is -3.07. The molecule has 0 saturated heterocycles. The molecule has 0 radical (unpaired) electrons. The number of methoxy groups -OCH3 is 1. The summed E-state index contributed by atoms with van der Waals surface area (Å²) in [6.45, 7) is 0. The number of carbonyl (C=O) groups is 1. The first-order chi connectivity index (χ1) is 16.0. The van der Waals surface area contributed by atoms with Gasteiger partial charge in [-0.05, 0) is 48.9 Å². The molecule has 1 aliphatic rings. The Morgan fingerprint density at radius 2 is 1.82 bits per heavy atom. The van der Waals surface area contributed by atoms with Crippen LogP contribution in [0.1, 0.15) is 48.4 Å². The van der Waals surface area contributed by atoms with Gasteiger partial charge in [-0.3, -0.25) is 9.59 Å². The number of aromatic nitrogens is 4. The normalized spacial score (nSPS) is 18.1. The van der Waals surface area contributed by atoms with Crippen molar-refractivity contribution < 1.29 is 13.9 Å². The average Bonchev–Trinajstić information content (AvgIpc) is 2.85. The molecule has 3 aromatic rings. The van der Waals surface area contributed by atoms with Crippen LogP contribution >= 0.6 is 11.8 Å². The van der Waals surface area contributed by atoms with Crippen molar-refractivity contribution in [2.24, 2.45) is 5.92 Å². The molecule has 0 amide bonds. The molecule has 1 aliphatic carbocycles. The fourth-order valence-electron chi connectivity index (χ4n) is 4.11. The zero-order valence-electron chi connectivity index (χ0n) is 18.3. The molecule has 33 heavy (non-hydrogen) atoms. The number of carbonyl (C=O) groups excluding carboxylic acids is 1. The van der Waals surface area contributed by atoms with Crippen LogP contribution < -0.4 is 5.56 Å². The Labute approximate surface area is 195 Å². The highest BCUT2D eigenvalue weighted by molar-refractivity contribution is 7.98. The van der Waals surface area contributed by atoms with E-state index >= 15 is 0 Å². The van der Waals surface area contributed by atoms with E-state index in [4.69, 9.17) is 4.74 Å². The third kappa shape index (κ3) is 5.84. The molecule has 9 heteroatoms. The second kappa shape index (κ2) is 10.7. The molecule has 2 heterocycles. The lowest BCUT2D eigenvalue weighted by atomic mass is 9.86. The van der Waals surface area contributed by atoms with Gasteiger partial charge in [-0.1, -0.05) is 23.9 Å². The molecule has 1 saturated carbocycles. The van der Waals surface area contributed by atoms with E-state index in [0.717, 1.165) is 36.8 Å². The molecular formula is C24H25FN4O3S. The lowest BCUT2D eigenvalue weighted by molar-refractivity contribution is -0.146.